The van der Waals surface area contributed by atoms with Crippen LogP contribution < -0.4 is 10.6 Å². The van der Waals surface area contributed by atoms with Crippen molar-refractivity contribution in [1.82, 2.24) is 15.1 Å². The summed E-state index contributed by atoms with van der Waals surface area (Å²) in [6, 6.07) is 3.86. The number of nitrogens with two attached hydrogens (primary N) is 1. The zero-order chi connectivity index (χ0) is 16.0. The van der Waals surface area contributed by atoms with E-state index in [0.29, 0.717) is 6.54 Å². The smallest absolute Gasteiger partial charge is 0.230 e. The zero-order valence-corrected chi connectivity index (χ0v) is 13.7. The molecule has 6 nitrogen and oxygen atoms in total. The van der Waals surface area contributed by atoms with Crippen molar-refractivity contribution in [3.63, 3.8) is 0 Å². The fraction of sp³-hybridized carbons (Fsp3) is 0.688. The highest BCUT2D eigenvalue weighted by Crippen LogP contribution is 2.28. The Balaban J connectivity index is 2.05. The summed E-state index contributed by atoms with van der Waals surface area (Å²) in [5, 5.41) is 8.10. The number of carbonyl (C=O) groups excluding carboxylic acids is 1. The monoisotopic (exact) mass is 305 g/mol. The molecule has 1 saturated heterocycles. The second kappa shape index (κ2) is 7.54. The van der Waals surface area contributed by atoms with Crippen molar-refractivity contribution in [1.29, 1.82) is 0 Å². The van der Waals surface area contributed by atoms with E-state index in [-0.39, 0.29) is 5.91 Å². The van der Waals surface area contributed by atoms with Gasteiger partial charge in [0.25, 0.3) is 0 Å². The summed E-state index contributed by atoms with van der Waals surface area (Å²) in [6.07, 6.45) is 4.21. The lowest BCUT2D eigenvalue weighted by Crippen LogP contribution is -2.48. The second-order valence-corrected chi connectivity index (χ2v) is 5.91. The first-order chi connectivity index (χ1) is 10.7. The van der Waals surface area contributed by atoms with Gasteiger partial charge in [-0.15, -0.1) is 5.10 Å². The third-order valence-electron chi connectivity index (χ3n) is 4.86. The molecule has 122 valence electrons. The number of carbonyl (C=O) groups is 1. The number of nitrogens with zero attached hydrogens (tertiary/aromatic N) is 4. The molecule has 1 aromatic heterocycles. The van der Waals surface area contributed by atoms with Crippen molar-refractivity contribution >= 4 is 11.7 Å². The van der Waals surface area contributed by atoms with Gasteiger partial charge in [0, 0.05) is 38.9 Å². The van der Waals surface area contributed by atoms with Crippen LogP contribution in [0.5, 0.6) is 0 Å². The molecule has 2 N–H and O–H groups in total. The van der Waals surface area contributed by atoms with Gasteiger partial charge in [-0.2, -0.15) is 5.10 Å². The Bertz CT molecular complexity index is 466. The van der Waals surface area contributed by atoms with Crippen LogP contribution >= 0.6 is 0 Å². The molecule has 1 aliphatic heterocycles. The highest BCUT2D eigenvalue weighted by Gasteiger charge is 2.37. The molecule has 1 aromatic rings. The van der Waals surface area contributed by atoms with Gasteiger partial charge in [-0.05, 0) is 31.4 Å². The maximum atomic E-state index is 12.9. The van der Waals surface area contributed by atoms with Gasteiger partial charge in [0.1, 0.15) is 0 Å². The van der Waals surface area contributed by atoms with Crippen LogP contribution in [0.4, 0.5) is 5.82 Å². The fourth-order valence-corrected chi connectivity index (χ4v) is 3.08. The van der Waals surface area contributed by atoms with Crippen molar-refractivity contribution in [3.8, 4) is 0 Å². The highest BCUT2D eigenvalue weighted by molar-refractivity contribution is 5.83. The van der Waals surface area contributed by atoms with E-state index in [9.17, 15) is 4.79 Å². The van der Waals surface area contributed by atoms with Crippen LogP contribution in [0.25, 0.3) is 0 Å². The van der Waals surface area contributed by atoms with Crippen LogP contribution in [0.2, 0.25) is 0 Å². The first-order valence-electron chi connectivity index (χ1n) is 8.19. The van der Waals surface area contributed by atoms with Crippen molar-refractivity contribution in [2.75, 3.05) is 37.6 Å². The molecule has 1 aliphatic rings. The number of amides is 1. The molecule has 0 bridgehead atoms. The normalized spacial score (nSPS) is 16.5. The van der Waals surface area contributed by atoms with Crippen LogP contribution in [0.3, 0.4) is 0 Å². The van der Waals surface area contributed by atoms with E-state index in [4.69, 9.17) is 5.73 Å². The van der Waals surface area contributed by atoms with Crippen LogP contribution in [-0.4, -0.2) is 53.7 Å². The predicted molar refractivity (Wildman–Crippen MR) is 87.5 cm³/mol. The van der Waals surface area contributed by atoms with Gasteiger partial charge >= 0.3 is 0 Å². The van der Waals surface area contributed by atoms with E-state index in [1.54, 1.807) is 6.20 Å². The molecule has 0 atom stereocenters. The molecule has 0 aromatic carbocycles. The van der Waals surface area contributed by atoms with Crippen LogP contribution in [0.1, 0.15) is 33.1 Å². The summed E-state index contributed by atoms with van der Waals surface area (Å²) < 4.78 is 0. The van der Waals surface area contributed by atoms with Crippen LogP contribution in [0, 0.1) is 5.41 Å². The van der Waals surface area contributed by atoms with Crippen molar-refractivity contribution in [2.45, 2.75) is 33.1 Å². The molecular formula is C16H27N5O. The Morgan fingerprint density at radius 2 is 2.05 bits per heavy atom. The van der Waals surface area contributed by atoms with E-state index in [0.717, 1.165) is 51.3 Å². The van der Waals surface area contributed by atoms with Gasteiger partial charge in [0.05, 0.1) is 5.41 Å². The quantitative estimate of drug-likeness (QED) is 0.887. The molecular weight excluding hydrogens is 278 g/mol. The SMILES string of the molecule is CCC(CC)(CN)C(=O)N1CCCN(c2cccnn2)CC1. The molecule has 2 heterocycles. The Labute approximate surface area is 132 Å². The summed E-state index contributed by atoms with van der Waals surface area (Å²) in [4.78, 5) is 17.1. The second-order valence-electron chi connectivity index (χ2n) is 5.91. The van der Waals surface area contributed by atoms with Crippen LogP contribution in [0.15, 0.2) is 18.3 Å². The molecule has 22 heavy (non-hydrogen) atoms. The van der Waals surface area contributed by atoms with E-state index in [1.165, 1.54) is 0 Å². The lowest BCUT2D eigenvalue weighted by Gasteiger charge is -2.34. The summed E-state index contributed by atoms with van der Waals surface area (Å²) in [6.45, 7) is 7.72. The van der Waals surface area contributed by atoms with Gasteiger partial charge in [-0.1, -0.05) is 13.8 Å². The minimum Gasteiger partial charge on any atom is -0.353 e. The number of hydrogen-bond acceptors (Lipinski definition) is 5. The number of anilines is 1. The summed E-state index contributed by atoms with van der Waals surface area (Å²) in [7, 11) is 0. The average Bonchev–Trinajstić information content (AvgIpc) is 2.83. The Morgan fingerprint density at radius 3 is 2.64 bits per heavy atom. The Morgan fingerprint density at radius 1 is 1.27 bits per heavy atom. The summed E-state index contributed by atoms with van der Waals surface area (Å²) in [5.41, 5.74) is 5.52. The van der Waals surface area contributed by atoms with Crippen molar-refractivity contribution < 1.29 is 4.79 Å². The van der Waals surface area contributed by atoms with Crippen LogP contribution in [-0.2, 0) is 4.79 Å². The maximum absolute atomic E-state index is 12.9. The summed E-state index contributed by atoms with van der Waals surface area (Å²) in [5.74, 6) is 1.09. The van der Waals surface area contributed by atoms with Crippen molar-refractivity contribution in [3.05, 3.63) is 18.3 Å². The first kappa shape index (κ1) is 16.7. The molecule has 0 unspecified atom stereocenters. The fourth-order valence-electron chi connectivity index (χ4n) is 3.08. The van der Waals surface area contributed by atoms with E-state index < -0.39 is 5.41 Å². The molecule has 0 spiro atoms. The largest absolute Gasteiger partial charge is 0.353 e. The van der Waals surface area contributed by atoms with Crippen molar-refractivity contribution in [2.24, 2.45) is 11.1 Å². The van der Waals surface area contributed by atoms with Gasteiger partial charge in [0.2, 0.25) is 5.91 Å². The average molecular weight is 305 g/mol. The zero-order valence-electron chi connectivity index (χ0n) is 13.7. The number of rotatable bonds is 5. The predicted octanol–water partition coefficient (Wildman–Crippen LogP) is 1.28. The van der Waals surface area contributed by atoms with Gasteiger partial charge in [-0.3, -0.25) is 4.79 Å². The van der Waals surface area contributed by atoms with Gasteiger partial charge in [0.15, 0.2) is 5.82 Å². The Hall–Kier alpha value is -1.69. The molecule has 0 saturated carbocycles. The first-order valence-corrected chi connectivity index (χ1v) is 8.19. The maximum Gasteiger partial charge on any atom is 0.230 e. The third-order valence-corrected chi connectivity index (χ3v) is 4.86. The third kappa shape index (κ3) is 3.38. The van der Waals surface area contributed by atoms with E-state index in [1.807, 2.05) is 17.0 Å². The Kier molecular flexibility index (Phi) is 5.71. The lowest BCUT2D eigenvalue weighted by atomic mass is 9.81. The molecule has 1 amide bonds. The summed E-state index contributed by atoms with van der Waals surface area (Å²) >= 11 is 0. The standard InChI is InChI=1S/C16H27N5O/c1-3-16(4-2,13-17)15(22)21-10-6-9-20(11-12-21)14-7-5-8-18-19-14/h5,7-8H,3-4,6,9-13,17H2,1-2H3. The van der Waals surface area contributed by atoms with E-state index in [2.05, 4.69) is 28.9 Å². The topological polar surface area (TPSA) is 75.4 Å². The number of aromatic nitrogens is 2. The molecule has 1 fully saturated rings. The lowest BCUT2D eigenvalue weighted by molar-refractivity contribution is -0.142. The minimum absolute atomic E-state index is 0.209. The minimum atomic E-state index is -0.401. The van der Waals surface area contributed by atoms with Gasteiger partial charge < -0.3 is 15.5 Å². The molecule has 2 rings (SSSR count). The molecule has 0 aliphatic carbocycles. The van der Waals surface area contributed by atoms with E-state index >= 15 is 0 Å². The number of hydrogen-bond donors (Lipinski definition) is 1. The molecule has 6 heteroatoms. The molecule has 0 radical (unpaired) electrons. The van der Waals surface area contributed by atoms with Gasteiger partial charge in [-0.25, -0.2) is 0 Å². The highest BCUT2D eigenvalue weighted by atomic mass is 16.2.